The first-order chi connectivity index (χ1) is 10.2. The van der Waals surface area contributed by atoms with Crippen molar-refractivity contribution in [1.82, 2.24) is 5.32 Å². The van der Waals surface area contributed by atoms with Crippen molar-refractivity contribution in [2.24, 2.45) is 0 Å². The van der Waals surface area contributed by atoms with Crippen LogP contribution in [0.5, 0.6) is 5.75 Å². The van der Waals surface area contributed by atoms with E-state index in [9.17, 15) is 5.11 Å². The van der Waals surface area contributed by atoms with Gasteiger partial charge in [-0.15, -0.1) is 0 Å². The Morgan fingerprint density at radius 1 is 1.29 bits per heavy atom. The smallest absolute Gasteiger partial charge is 0.119 e. The first-order valence-electron chi connectivity index (χ1n) is 7.04. The fraction of sp³-hybridized carbons (Fsp3) is 0.600. The number of rotatable bonds is 11. The molecule has 0 amide bonds. The minimum Gasteiger partial charge on any atom is -0.491 e. The average molecular weight is 362 g/mol. The van der Waals surface area contributed by atoms with Crippen LogP contribution in [0.2, 0.25) is 0 Å². The summed E-state index contributed by atoms with van der Waals surface area (Å²) in [5.41, 5.74) is 1.13. The molecule has 0 radical (unpaired) electrons. The van der Waals surface area contributed by atoms with Gasteiger partial charge in [-0.05, 0) is 30.3 Å². The molecule has 1 rings (SSSR count). The van der Waals surface area contributed by atoms with Crippen molar-refractivity contribution in [1.29, 1.82) is 0 Å². The maximum Gasteiger partial charge on any atom is 0.119 e. The van der Waals surface area contributed by atoms with Crippen LogP contribution < -0.4 is 10.1 Å². The fourth-order valence-electron chi connectivity index (χ4n) is 1.64. The highest BCUT2D eigenvalue weighted by Gasteiger charge is 2.07. The second-order valence-electron chi connectivity index (χ2n) is 4.57. The Morgan fingerprint density at radius 3 is 2.81 bits per heavy atom. The minimum atomic E-state index is -0.650. The van der Waals surface area contributed by atoms with Crippen molar-refractivity contribution in [2.45, 2.75) is 19.6 Å². The molecule has 0 bridgehead atoms. The van der Waals surface area contributed by atoms with Crippen molar-refractivity contribution >= 4 is 15.9 Å². The number of ether oxygens (including phenoxy) is 3. The summed E-state index contributed by atoms with van der Waals surface area (Å²) in [5, 5.41) is 13.0. The molecule has 0 saturated heterocycles. The van der Waals surface area contributed by atoms with E-state index in [-0.39, 0.29) is 13.2 Å². The molecule has 0 heterocycles. The van der Waals surface area contributed by atoms with Crippen LogP contribution >= 0.6 is 15.9 Å². The van der Waals surface area contributed by atoms with Crippen molar-refractivity contribution in [3.8, 4) is 5.75 Å². The number of benzene rings is 1. The van der Waals surface area contributed by atoms with Gasteiger partial charge in [-0.25, -0.2) is 0 Å². The molecule has 0 aliphatic rings. The topological polar surface area (TPSA) is 60.0 Å². The molecule has 5 nitrogen and oxygen atoms in total. The van der Waals surface area contributed by atoms with E-state index in [0.29, 0.717) is 13.2 Å². The summed E-state index contributed by atoms with van der Waals surface area (Å²) in [6.07, 6.45) is -0.650. The fourth-order valence-corrected chi connectivity index (χ4v) is 2.03. The number of methoxy groups -OCH3 is 1. The molecule has 120 valence electrons. The summed E-state index contributed by atoms with van der Waals surface area (Å²) in [6.45, 7) is 5.19. The van der Waals surface area contributed by atoms with Gasteiger partial charge in [0.25, 0.3) is 0 Å². The Bertz CT molecular complexity index is 403. The molecular weight excluding hydrogens is 338 g/mol. The molecule has 0 saturated carbocycles. The van der Waals surface area contributed by atoms with Crippen LogP contribution in [-0.4, -0.2) is 51.3 Å². The van der Waals surface area contributed by atoms with E-state index >= 15 is 0 Å². The molecular formula is C15H24BrNO4. The van der Waals surface area contributed by atoms with Crippen LogP contribution in [0.4, 0.5) is 0 Å². The third kappa shape index (κ3) is 7.78. The van der Waals surface area contributed by atoms with Crippen molar-refractivity contribution in [3.63, 3.8) is 0 Å². The second kappa shape index (κ2) is 11.0. The van der Waals surface area contributed by atoms with Crippen LogP contribution in [-0.2, 0) is 16.0 Å². The van der Waals surface area contributed by atoms with Crippen LogP contribution in [0.15, 0.2) is 22.7 Å². The van der Waals surface area contributed by atoms with Crippen molar-refractivity contribution in [2.75, 3.05) is 40.1 Å². The lowest BCUT2D eigenvalue weighted by atomic mass is 10.2. The van der Waals surface area contributed by atoms with Gasteiger partial charge in [-0.2, -0.15) is 0 Å². The van der Waals surface area contributed by atoms with Gasteiger partial charge in [0.2, 0.25) is 0 Å². The van der Waals surface area contributed by atoms with E-state index in [0.717, 1.165) is 28.9 Å². The van der Waals surface area contributed by atoms with Crippen LogP contribution in [0, 0.1) is 0 Å². The number of aliphatic hydroxyl groups excluding tert-OH is 1. The summed E-state index contributed by atoms with van der Waals surface area (Å²) in [5.74, 6) is 0.738. The molecule has 0 aliphatic heterocycles. The number of aliphatic hydroxyl groups is 1. The molecule has 1 aromatic rings. The van der Waals surface area contributed by atoms with Gasteiger partial charge >= 0.3 is 0 Å². The number of hydrogen-bond acceptors (Lipinski definition) is 5. The summed E-state index contributed by atoms with van der Waals surface area (Å²) < 4.78 is 16.7. The lowest BCUT2D eigenvalue weighted by molar-refractivity contribution is -0.00420. The van der Waals surface area contributed by atoms with E-state index in [1.54, 1.807) is 7.11 Å². The molecule has 0 aromatic heterocycles. The number of halogens is 1. The zero-order valence-electron chi connectivity index (χ0n) is 12.6. The van der Waals surface area contributed by atoms with Gasteiger partial charge in [0, 0.05) is 18.1 Å². The minimum absolute atomic E-state index is 0.204. The lowest BCUT2D eigenvalue weighted by Crippen LogP contribution is -2.24. The summed E-state index contributed by atoms with van der Waals surface area (Å²) in [7, 11) is 1.61. The Hall–Kier alpha value is -0.660. The highest BCUT2D eigenvalue weighted by atomic mass is 79.9. The highest BCUT2D eigenvalue weighted by Crippen LogP contribution is 2.22. The Labute approximate surface area is 134 Å². The molecule has 1 unspecified atom stereocenters. The predicted octanol–water partition coefficient (Wildman–Crippen LogP) is 1.96. The van der Waals surface area contributed by atoms with Crippen LogP contribution in [0.1, 0.15) is 12.5 Å². The summed E-state index contributed by atoms with van der Waals surface area (Å²) in [6, 6.07) is 5.78. The van der Waals surface area contributed by atoms with Gasteiger partial charge < -0.3 is 24.6 Å². The van der Waals surface area contributed by atoms with Gasteiger partial charge in [-0.3, -0.25) is 0 Å². The maximum absolute atomic E-state index is 9.76. The summed E-state index contributed by atoms with van der Waals surface area (Å²) in [4.78, 5) is 0. The first-order valence-corrected chi connectivity index (χ1v) is 7.83. The molecule has 0 fully saturated rings. The third-order valence-corrected chi connectivity index (χ3v) is 3.54. The zero-order chi connectivity index (χ0) is 15.5. The number of hydrogen-bond donors (Lipinski definition) is 2. The normalized spacial score (nSPS) is 12.4. The molecule has 0 aliphatic carbocycles. The quantitative estimate of drug-likeness (QED) is 0.590. The molecule has 0 spiro atoms. The Balaban J connectivity index is 2.37. The van der Waals surface area contributed by atoms with Gasteiger partial charge in [-0.1, -0.05) is 22.9 Å². The lowest BCUT2D eigenvalue weighted by Gasteiger charge is -2.14. The number of nitrogens with one attached hydrogen (secondary N) is 1. The first kappa shape index (κ1) is 18.4. The SMILES string of the molecule is CCNCc1cc(OCC(O)COCCOC)ccc1Br. The molecule has 2 N–H and O–H groups in total. The van der Waals surface area contributed by atoms with Crippen molar-refractivity contribution < 1.29 is 19.3 Å². The predicted molar refractivity (Wildman–Crippen MR) is 85.7 cm³/mol. The Morgan fingerprint density at radius 2 is 2.10 bits per heavy atom. The molecule has 1 aromatic carbocycles. The maximum atomic E-state index is 9.76. The van der Waals surface area contributed by atoms with Crippen LogP contribution in [0.25, 0.3) is 0 Å². The average Bonchev–Trinajstić information content (AvgIpc) is 2.49. The molecule has 6 heteroatoms. The van der Waals surface area contributed by atoms with E-state index in [1.165, 1.54) is 0 Å². The molecule has 21 heavy (non-hydrogen) atoms. The van der Waals surface area contributed by atoms with Crippen LogP contribution in [0.3, 0.4) is 0 Å². The monoisotopic (exact) mass is 361 g/mol. The standard InChI is InChI=1S/C15H24BrNO4/c1-3-17-9-12-8-14(4-5-15(12)16)21-11-13(18)10-20-7-6-19-2/h4-5,8,13,17-18H,3,6-7,9-11H2,1-2H3. The van der Waals surface area contributed by atoms with Gasteiger partial charge in [0.1, 0.15) is 18.5 Å². The van der Waals surface area contributed by atoms with E-state index in [4.69, 9.17) is 14.2 Å². The van der Waals surface area contributed by atoms with E-state index in [1.807, 2.05) is 18.2 Å². The van der Waals surface area contributed by atoms with E-state index in [2.05, 4.69) is 28.2 Å². The Kier molecular flexibility index (Phi) is 9.62. The second-order valence-corrected chi connectivity index (χ2v) is 5.42. The van der Waals surface area contributed by atoms with Gasteiger partial charge in [0.15, 0.2) is 0 Å². The highest BCUT2D eigenvalue weighted by molar-refractivity contribution is 9.10. The third-order valence-electron chi connectivity index (χ3n) is 2.77. The van der Waals surface area contributed by atoms with E-state index < -0.39 is 6.10 Å². The molecule has 1 atom stereocenters. The summed E-state index contributed by atoms with van der Waals surface area (Å²) >= 11 is 3.51. The largest absolute Gasteiger partial charge is 0.491 e. The zero-order valence-corrected chi connectivity index (χ0v) is 14.2. The van der Waals surface area contributed by atoms with Crippen molar-refractivity contribution in [3.05, 3.63) is 28.2 Å². The van der Waals surface area contributed by atoms with Gasteiger partial charge in [0.05, 0.1) is 19.8 Å².